The van der Waals surface area contributed by atoms with Crippen LogP contribution in [-0.4, -0.2) is 34.2 Å². The highest BCUT2D eigenvalue weighted by atomic mass is 35.5. The summed E-state index contributed by atoms with van der Waals surface area (Å²) in [4.78, 5) is 11.1. The van der Waals surface area contributed by atoms with Crippen molar-refractivity contribution < 1.29 is 4.74 Å². The third kappa shape index (κ3) is 6.42. The lowest BCUT2D eigenvalue weighted by molar-refractivity contribution is 0.473. The number of aryl methyl sites for hydroxylation is 2. The van der Waals surface area contributed by atoms with Crippen LogP contribution in [0.15, 0.2) is 41.4 Å². The van der Waals surface area contributed by atoms with Crippen molar-refractivity contribution in [1.82, 2.24) is 14.3 Å². The van der Waals surface area contributed by atoms with Gasteiger partial charge in [-0.15, -0.1) is 12.4 Å². The van der Waals surface area contributed by atoms with Crippen molar-refractivity contribution in [2.24, 2.45) is 4.99 Å². The van der Waals surface area contributed by atoms with Gasteiger partial charge in [-0.25, -0.2) is 4.99 Å². The Kier molecular flexibility index (Phi) is 8.44. The van der Waals surface area contributed by atoms with Crippen molar-refractivity contribution in [3.63, 3.8) is 0 Å². The van der Waals surface area contributed by atoms with E-state index in [1.165, 1.54) is 11.5 Å². The van der Waals surface area contributed by atoms with E-state index in [1.54, 1.807) is 0 Å². The minimum absolute atomic E-state index is 0. The molecule has 0 atom stereocenters. The monoisotopic (exact) mass is 450 g/mol. The molecule has 0 bridgehead atoms. The van der Waals surface area contributed by atoms with Gasteiger partial charge in [0, 0.05) is 36.6 Å². The van der Waals surface area contributed by atoms with Crippen LogP contribution >= 0.6 is 35.5 Å². The van der Waals surface area contributed by atoms with Crippen LogP contribution < -0.4 is 4.74 Å². The fourth-order valence-corrected chi connectivity index (χ4v) is 3.18. The van der Waals surface area contributed by atoms with Gasteiger partial charge in [-0.2, -0.15) is 9.36 Å². The molecule has 5 nitrogen and oxygen atoms in total. The van der Waals surface area contributed by atoms with Crippen LogP contribution in [0.4, 0.5) is 5.69 Å². The highest BCUT2D eigenvalue weighted by Crippen LogP contribution is 2.32. The van der Waals surface area contributed by atoms with E-state index in [2.05, 4.69) is 21.3 Å². The molecule has 3 aromatic rings. The summed E-state index contributed by atoms with van der Waals surface area (Å²) >= 11 is 7.19. The molecule has 8 heteroatoms. The zero-order valence-electron chi connectivity index (χ0n) is 16.8. The molecular weight excluding hydrogens is 427 g/mol. The largest absolute Gasteiger partial charge is 0.430 e. The van der Waals surface area contributed by atoms with E-state index >= 15 is 0 Å². The first-order chi connectivity index (χ1) is 13.4. The summed E-state index contributed by atoms with van der Waals surface area (Å²) in [5.41, 5.74) is 4.10. The minimum atomic E-state index is 0. The summed E-state index contributed by atoms with van der Waals surface area (Å²) in [7, 11) is 2.00. The summed E-state index contributed by atoms with van der Waals surface area (Å²) in [6.45, 7) is 7.03. The second kappa shape index (κ2) is 10.6. The van der Waals surface area contributed by atoms with Crippen molar-refractivity contribution in [3.05, 3.63) is 63.9 Å². The quantitative estimate of drug-likeness (QED) is 0.316. The maximum absolute atomic E-state index is 5.99. The number of benzene rings is 2. The first kappa shape index (κ1) is 23.1. The summed E-state index contributed by atoms with van der Waals surface area (Å²) < 4.78 is 10.4. The first-order valence-corrected chi connectivity index (χ1v) is 10.2. The number of ether oxygens (including phenoxy) is 1. The zero-order valence-corrected chi connectivity index (χ0v) is 19.2. The molecule has 1 heterocycles. The minimum Gasteiger partial charge on any atom is -0.430 e. The van der Waals surface area contributed by atoms with Gasteiger partial charge < -0.3 is 9.64 Å². The Morgan fingerprint density at radius 2 is 1.90 bits per heavy atom. The van der Waals surface area contributed by atoms with Crippen LogP contribution in [0.25, 0.3) is 0 Å². The molecule has 0 saturated carbocycles. The third-order valence-electron chi connectivity index (χ3n) is 4.31. The predicted octanol–water partition coefficient (Wildman–Crippen LogP) is 6.22. The topological polar surface area (TPSA) is 50.6 Å². The van der Waals surface area contributed by atoms with E-state index in [9.17, 15) is 0 Å². The molecule has 0 radical (unpaired) electrons. The molecule has 0 saturated heterocycles. The molecule has 0 unspecified atom stereocenters. The van der Waals surface area contributed by atoms with Crippen molar-refractivity contribution in [2.75, 3.05) is 13.6 Å². The molecule has 29 heavy (non-hydrogen) atoms. The molecule has 3 rings (SSSR count). The number of hydrogen-bond donors (Lipinski definition) is 0. The van der Waals surface area contributed by atoms with Crippen molar-refractivity contribution in [1.29, 1.82) is 0 Å². The van der Waals surface area contributed by atoms with Gasteiger partial charge in [0.2, 0.25) is 0 Å². The molecule has 2 aromatic carbocycles. The predicted molar refractivity (Wildman–Crippen MR) is 124 cm³/mol. The Morgan fingerprint density at radius 1 is 1.17 bits per heavy atom. The molecule has 0 aliphatic carbocycles. The van der Waals surface area contributed by atoms with Crippen LogP contribution in [-0.2, 0) is 6.42 Å². The Morgan fingerprint density at radius 3 is 2.59 bits per heavy atom. The highest BCUT2D eigenvalue weighted by Gasteiger charge is 2.11. The average Bonchev–Trinajstić information content (AvgIpc) is 3.11. The third-order valence-corrected chi connectivity index (χ3v) is 5.19. The second-order valence-electron chi connectivity index (χ2n) is 6.60. The van der Waals surface area contributed by atoms with Crippen LogP contribution in [0.2, 0.25) is 5.02 Å². The van der Waals surface area contributed by atoms with Gasteiger partial charge in [0.1, 0.15) is 5.75 Å². The van der Waals surface area contributed by atoms with Gasteiger partial charge in [0.15, 0.2) is 5.82 Å². The fourth-order valence-electron chi connectivity index (χ4n) is 2.50. The standard InChI is InChI=1S/C21H23ClN4OS.ClH/c1-5-26(4)13-23-18-10-15(3)19(11-14(18)2)27-21-24-20(25-28-21)12-16-6-8-17(22)9-7-16;/h6-11,13H,5,12H2,1-4H3;1H. The van der Waals surface area contributed by atoms with Crippen molar-refractivity contribution in [3.8, 4) is 10.9 Å². The fraction of sp³-hybridized carbons (Fsp3) is 0.286. The SMILES string of the molecule is CCN(C)C=Nc1cc(C)c(Oc2nc(Cc3ccc(Cl)cc3)ns2)cc1C.Cl. The van der Waals surface area contributed by atoms with Crippen LogP contribution in [0, 0.1) is 13.8 Å². The van der Waals surface area contributed by atoms with Crippen molar-refractivity contribution >= 4 is 47.6 Å². The molecule has 1 aromatic heterocycles. The van der Waals surface area contributed by atoms with Gasteiger partial charge in [-0.3, -0.25) is 0 Å². The summed E-state index contributed by atoms with van der Waals surface area (Å²) in [5, 5.41) is 1.26. The van der Waals surface area contributed by atoms with Crippen LogP contribution in [0.3, 0.4) is 0 Å². The molecule has 0 aliphatic rings. The summed E-state index contributed by atoms with van der Waals surface area (Å²) in [6.07, 6.45) is 2.49. The van der Waals surface area contributed by atoms with Crippen molar-refractivity contribution in [2.45, 2.75) is 27.2 Å². The van der Waals surface area contributed by atoms with E-state index in [0.29, 0.717) is 11.6 Å². The number of nitrogens with zero attached hydrogens (tertiary/aromatic N) is 4. The smallest absolute Gasteiger partial charge is 0.298 e. The number of rotatable bonds is 7. The Hall–Kier alpha value is -2.15. The molecule has 0 amide bonds. The summed E-state index contributed by atoms with van der Waals surface area (Å²) in [6, 6.07) is 11.7. The van der Waals surface area contributed by atoms with Gasteiger partial charge in [0.05, 0.1) is 12.0 Å². The number of halogens is 2. The molecule has 0 N–H and O–H groups in total. The molecule has 0 aliphatic heterocycles. The second-order valence-corrected chi connectivity index (χ2v) is 7.75. The van der Waals surface area contributed by atoms with Crippen LogP contribution in [0.1, 0.15) is 29.4 Å². The van der Waals surface area contributed by atoms with E-state index in [1.807, 2.05) is 68.5 Å². The number of aliphatic imine (C=N–C) groups is 1. The van der Waals surface area contributed by atoms with E-state index < -0.39 is 0 Å². The van der Waals surface area contributed by atoms with Gasteiger partial charge in [0.25, 0.3) is 5.19 Å². The maximum atomic E-state index is 5.99. The van der Waals surface area contributed by atoms with E-state index in [4.69, 9.17) is 16.3 Å². The molecular formula is C21H24Cl2N4OS. The maximum Gasteiger partial charge on any atom is 0.298 e. The number of hydrogen-bond acceptors (Lipinski definition) is 5. The van der Waals surface area contributed by atoms with Gasteiger partial charge in [-0.1, -0.05) is 23.7 Å². The Bertz CT molecular complexity index is 973. The van der Waals surface area contributed by atoms with Gasteiger partial charge in [-0.05, 0) is 61.7 Å². The van der Waals surface area contributed by atoms with E-state index in [-0.39, 0.29) is 12.4 Å². The van der Waals surface area contributed by atoms with Crippen LogP contribution in [0.5, 0.6) is 10.9 Å². The lowest BCUT2D eigenvalue weighted by Crippen LogP contribution is -2.14. The van der Waals surface area contributed by atoms with Gasteiger partial charge >= 0.3 is 0 Å². The van der Waals surface area contributed by atoms with E-state index in [0.717, 1.165) is 45.5 Å². The lowest BCUT2D eigenvalue weighted by atomic mass is 10.1. The zero-order chi connectivity index (χ0) is 20.1. The molecule has 154 valence electrons. The molecule has 0 fully saturated rings. The highest BCUT2D eigenvalue weighted by molar-refractivity contribution is 7.07. The Labute approximate surface area is 187 Å². The Balaban J connectivity index is 0.00000300. The normalized spacial score (nSPS) is 10.8. The number of aromatic nitrogens is 2. The first-order valence-electron chi connectivity index (χ1n) is 9.05. The lowest BCUT2D eigenvalue weighted by Gasteiger charge is -2.11. The molecule has 0 spiro atoms. The summed E-state index contributed by atoms with van der Waals surface area (Å²) in [5.74, 6) is 1.51. The average molecular weight is 451 g/mol.